The van der Waals surface area contributed by atoms with Gasteiger partial charge in [0.2, 0.25) is 10.0 Å². The van der Waals surface area contributed by atoms with Crippen molar-refractivity contribution in [2.24, 2.45) is 0 Å². The number of piperazine rings is 1. The Morgan fingerprint density at radius 1 is 1.21 bits per heavy atom. The molecule has 1 aromatic rings. The Morgan fingerprint density at radius 3 is 2.31 bits per heavy atom. The van der Waals surface area contributed by atoms with Gasteiger partial charge < -0.3 is 10.2 Å². The summed E-state index contributed by atoms with van der Waals surface area (Å²) in [7, 11) is -3.51. The molecule has 1 aliphatic heterocycles. The summed E-state index contributed by atoms with van der Waals surface area (Å²) >= 11 is 0. The van der Waals surface area contributed by atoms with Crippen LogP contribution in [-0.2, 0) is 14.8 Å². The zero-order chi connectivity index (χ0) is 21.1. The molecule has 0 spiro atoms. The lowest BCUT2D eigenvalue weighted by Gasteiger charge is -2.32. The summed E-state index contributed by atoms with van der Waals surface area (Å²) < 4.78 is 27.3. The minimum atomic E-state index is -3.51. The molecule has 0 unspecified atom stereocenters. The quantitative estimate of drug-likeness (QED) is 0.708. The van der Waals surface area contributed by atoms with Gasteiger partial charge in [0.05, 0.1) is 37.1 Å². The number of carbonyl (C=O) groups excluding carboxylic acids is 1. The highest BCUT2D eigenvalue weighted by Crippen LogP contribution is 2.28. The van der Waals surface area contributed by atoms with Gasteiger partial charge in [-0.3, -0.25) is 4.79 Å². The lowest BCUT2D eigenvalue weighted by atomic mass is 10.00. The minimum Gasteiger partial charge on any atom is -0.333 e. The number of carbonyl (C=O) groups is 1. The molecule has 0 aromatic heterocycles. The molecule has 7 nitrogen and oxygen atoms in total. The van der Waals surface area contributed by atoms with E-state index in [1.807, 2.05) is 12.1 Å². The van der Waals surface area contributed by atoms with Crippen molar-refractivity contribution in [2.75, 3.05) is 32.7 Å². The van der Waals surface area contributed by atoms with Gasteiger partial charge in [0.1, 0.15) is 5.54 Å². The van der Waals surface area contributed by atoms with Crippen LogP contribution in [0.25, 0.3) is 0 Å². The van der Waals surface area contributed by atoms with Crippen LogP contribution >= 0.6 is 0 Å². The number of nitrogens with zero attached hydrogens (tertiary/aromatic N) is 2. The van der Waals surface area contributed by atoms with Gasteiger partial charge in [0.25, 0.3) is 5.91 Å². The topological polar surface area (TPSA) is 94.7 Å². The largest absolute Gasteiger partial charge is 0.333 e. The second-order valence-corrected chi connectivity index (χ2v) is 10.4. The fraction of sp³-hybridized carbons (Fsp3) is 0.619. The van der Waals surface area contributed by atoms with E-state index in [-0.39, 0.29) is 12.5 Å². The van der Waals surface area contributed by atoms with Crippen LogP contribution in [0.2, 0.25) is 0 Å². The molecule has 158 valence electrons. The molecular formula is C21H31N4O3S+. The predicted octanol–water partition coefficient (Wildman–Crippen LogP) is 0.652. The number of hydrogen-bond acceptors (Lipinski definition) is 4. The number of amides is 1. The van der Waals surface area contributed by atoms with Crippen LogP contribution in [0.5, 0.6) is 0 Å². The van der Waals surface area contributed by atoms with Crippen LogP contribution < -0.4 is 10.2 Å². The molecule has 3 rings (SSSR count). The Hall–Kier alpha value is -1.95. The molecule has 0 atom stereocenters. The number of nitrogens with one attached hydrogen (secondary N) is 2. The van der Waals surface area contributed by atoms with E-state index in [4.69, 9.17) is 0 Å². The zero-order valence-electron chi connectivity index (χ0n) is 17.3. The molecule has 1 heterocycles. The second-order valence-electron chi connectivity index (χ2n) is 8.50. The third kappa shape index (κ3) is 4.97. The Labute approximate surface area is 173 Å². The van der Waals surface area contributed by atoms with Crippen LogP contribution in [0.3, 0.4) is 0 Å². The third-order valence-corrected chi connectivity index (χ3v) is 7.99. The van der Waals surface area contributed by atoms with Crippen LogP contribution in [0.4, 0.5) is 0 Å². The van der Waals surface area contributed by atoms with Crippen molar-refractivity contribution >= 4 is 15.9 Å². The summed E-state index contributed by atoms with van der Waals surface area (Å²) in [6, 6.07) is 9.38. The molecule has 29 heavy (non-hydrogen) atoms. The van der Waals surface area contributed by atoms with Crippen molar-refractivity contribution in [3.8, 4) is 6.07 Å². The first kappa shape index (κ1) is 21.8. The molecule has 2 fully saturated rings. The summed E-state index contributed by atoms with van der Waals surface area (Å²) in [6.45, 7) is 6.37. The van der Waals surface area contributed by atoms with Gasteiger partial charge in [-0.2, -0.15) is 9.57 Å². The third-order valence-electron chi connectivity index (χ3n) is 6.07. The highest BCUT2D eigenvalue weighted by molar-refractivity contribution is 7.89. The fourth-order valence-electron chi connectivity index (χ4n) is 4.17. The number of nitriles is 1. The molecule has 1 saturated heterocycles. The summed E-state index contributed by atoms with van der Waals surface area (Å²) in [4.78, 5) is 13.8. The molecule has 2 aliphatic rings. The van der Waals surface area contributed by atoms with E-state index in [0.717, 1.165) is 23.3 Å². The monoisotopic (exact) mass is 419 g/mol. The van der Waals surface area contributed by atoms with Crippen molar-refractivity contribution in [3.63, 3.8) is 0 Å². The molecule has 2 N–H and O–H groups in total. The standard InChI is InChI=1S/C21H30N4O3S/c1-17(2)18-5-7-19(8-6-18)29(27,28)25-13-11-24(12-14-25)15-20(26)23-21(16-22)9-3-4-10-21/h5-8,17H,3-4,9-15H2,1-2H3,(H,23,26)/p+1. The second kappa shape index (κ2) is 8.82. The Morgan fingerprint density at radius 2 is 1.79 bits per heavy atom. The molecule has 0 radical (unpaired) electrons. The molecule has 0 bridgehead atoms. The molecule has 1 amide bonds. The smallest absolute Gasteiger partial charge is 0.276 e. The van der Waals surface area contributed by atoms with E-state index in [1.165, 1.54) is 4.31 Å². The normalized spacial score (nSPS) is 20.5. The molecule has 1 saturated carbocycles. The SMILES string of the molecule is CC(C)c1ccc(S(=O)(=O)N2CC[NH+](CC(=O)NC3(C#N)CCCC3)CC2)cc1. The summed E-state index contributed by atoms with van der Waals surface area (Å²) in [5.41, 5.74) is 0.408. The van der Waals surface area contributed by atoms with Crippen molar-refractivity contribution in [1.82, 2.24) is 9.62 Å². The van der Waals surface area contributed by atoms with E-state index < -0.39 is 15.6 Å². The summed E-state index contributed by atoms with van der Waals surface area (Å²) in [5.74, 6) is 0.235. The molecule has 1 aliphatic carbocycles. The number of benzene rings is 1. The number of sulfonamides is 1. The van der Waals surface area contributed by atoms with Crippen LogP contribution in [-0.4, -0.2) is 56.9 Å². The van der Waals surface area contributed by atoms with Crippen LogP contribution in [0.15, 0.2) is 29.2 Å². The summed E-state index contributed by atoms with van der Waals surface area (Å²) in [6.07, 6.45) is 3.36. The first-order chi connectivity index (χ1) is 13.8. The van der Waals surface area contributed by atoms with E-state index in [0.29, 0.717) is 49.8 Å². The lowest BCUT2D eigenvalue weighted by molar-refractivity contribution is -0.895. The van der Waals surface area contributed by atoms with Gasteiger partial charge in [0.15, 0.2) is 6.54 Å². The van der Waals surface area contributed by atoms with E-state index in [9.17, 15) is 18.5 Å². The summed E-state index contributed by atoms with van der Waals surface area (Å²) in [5, 5.41) is 12.3. The fourth-order valence-corrected chi connectivity index (χ4v) is 5.62. The van der Waals surface area contributed by atoms with Gasteiger partial charge in [-0.1, -0.05) is 26.0 Å². The minimum absolute atomic E-state index is 0.121. The van der Waals surface area contributed by atoms with Gasteiger partial charge in [-0.05, 0) is 49.3 Å². The highest BCUT2D eigenvalue weighted by atomic mass is 32.2. The van der Waals surface area contributed by atoms with Crippen molar-refractivity contribution in [2.45, 2.75) is 55.9 Å². The number of quaternary nitrogens is 1. The van der Waals surface area contributed by atoms with Crippen molar-refractivity contribution in [1.29, 1.82) is 5.26 Å². The van der Waals surface area contributed by atoms with Gasteiger partial charge in [-0.25, -0.2) is 8.42 Å². The van der Waals surface area contributed by atoms with Crippen molar-refractivity contribution < 1.29 is 18.1 Å². The van der Waals surface area contributed by atoms with Crippen LogP contribution in [0.1, 0.15) is 51.0 Å². The first-order valence-corrected chi connectivity index (χ1v) is 11.9. The van der Waals surface area contributed by atoms with Gasteiger partial charge in [0, 0.05) is 0 Å². The molecular weight excluding hydrogens is 388 g/mol. The van der Waals surface area contributed by atoms with Crippen molar-refractivity contribution in [3.05, 3.63) is 29.8 Å². The molecule has 8 heteroatoms. The van der Waals surface area contributed by atoms with E-state index >= 15 is 0 Å². The average Bonchev–Trinajstić information content (AvgIpc) is 3.17. The first-order valence-electron chi connectivity index (χ1n) is 10.4. The lowest BCUT2D eigenvalue weighted by Crippen LogP contribution is -3.16. The molecule has 1 aromatic carbocycles. The van der Waals surface area contributed by atoms with Gasteiger partial charge in [-0.15, -0.1) is 0 Å². The highest BCUT2D eigenvalue weighted by Gasteiger charge is 2.37. The van der Waals surface area contributed by atoms with E-state index in [2.05, 4.69) is 25.2 Å². The average molecular weight is 420 g/mol. The zero-order valence-corrected chi connectivity index (χ0v) is 18.1. The predicted molar refractivity (Wildman–Crippen MR) is 110 cm³/mol. The Kier molecular flexibility index (Phi) is 6.62. The maximum absolute atomic E-state index is 12.9. The maximum Gasteiger partial charge on any atom is 0.276 e. The Balaban J connectivity index is 1.54. The van der Waals surface area contributed by atoms with Crippen LogP contribution in [0, 0.1) is 11.3 Å². The van der Waals surface area contributed by atoms with E-state index in [1.54, 1.807) is 12.1 Å². The Bertz CT molecular complexity index is 860. The van der Waals surface area contributed by atoms with Gasteiger partial charge >= 0.3 is 0 Å². The number of rotatable bonds is 6. The number of hydrogen-bond donors (Lipinski definition) is 2. The maximum atomic E-state index is 12.9.